The largest absolute Gasteiger partial charge is 0.480 e. The molecule has 0 radical (unpaired) electrons. The van der Waals surface area contributed by atoms with Crippen molar-refractivity contribution < 1.29 is 59.3 Å². The van der Waals surface area contributed by atoms with E-state index < -0.39 is 42.1 Å². The zero-order chi connectivity index (χ0) is 42.5. The molecule has 10 N–H and O–H groups in total. The van der Waals surface area contributed by atoms with E-state index >= 15 is 0 Å². The number of aldehydes is 1. The van der Waals surface area contributed by atoms with Crippen LogP contribution < -0.4 is 21.3 Å². The third kappa shape index (κ3) is 25.5. The summed E-state index contributed by atoms with van der Waals surface area (Å²) < 4.78 is 12.0. The number of anilines is 2. The van der Waals surface area contributed by atoms with Gasteiger partial charge in [-0.2, -0.15) is 0 Å². The number of carboxylic acid groups (broad SMARTS) is 2. The number of nitrogens with one attached hydrogen (secondary N) is 4. The number of hydrogen-bond donors (Lipinski definition) is 10. The summed E-state index contributed by atoms with van der Waals surface area (Å²) in [5.41, 5.74) is -0.967. The number of carboxylic acids is 2. The molecule has 0 aliphatic carbocycles. The van der Waals surface area contributed by atoms with Gasteiger partial charge in [-0.05, 0) is 78.7 Å². The molecule has 1 amide bonds. The Kier molecular flexibility index (Phi) is 31.2. The van der Waals surface area contributed by atoms with Crippen molar-refractivity contribution in [2.24, 2.45) is 11.8 Å². The van der Waals surface area contributed by atoms with Gasteiger partial charge in [0.1, 0.15) is 11.7 Å². The zero-order valence-corrected chi connectivity index (χ0v) is 34.2. The van der Waals surface area contributed by atoms with E-state index in [9.17, 15) is 29.4 Å². The first-order valence-corrected chi connectivity index (χ1v) is 18.0. The molecular weight excluding hydrogens is 708 g/mol. The molecule has 1 aromatic heterocycles. The summed E-state index contributed by atoms with van der Waals surface area (Å²) in [6.07, 6.45) is 4.48. The fourth-order valence-electron chi connectivity index (χ4n) is 4.14. The molecule has 0 spiro atoms. The molecule has 18 nitrogen and oxygen atoms in total. The number of aromatic nitrogens is 2. The van der Waals surface area contributed by atoms with Crippen molar-refractivity contribution in [1.82, 2.24) is 20.6 Å². The molecule has 0 bridgehead atoms. The van der Waals surface area contributed by atoms with Gasteiger partial charge < -0.3 is 61.4 Å². The molecule has 18 heteroatoms. The van der Waals surface area contributed by atoms with E-state index in [2.05, 4.69) is 58.9 Å². The van der Waals surface area contributed by atoms with Crippen LogP contribution in [0, 0.1) is 11.8 Å². The Labute approximate surface area is 320 Å². The number of aliphatic hydroxyl groups excluding tert-OH is 4. The van der Waals surface area contributed by atoms with Crippen LogP contribution in [0.4, 0.5) is 11.6 Å². The summed E-state index contributed by atoms with van der Waals surface area (Å²) in [5.74, 6) is -2.06. The van der Waals surface area contributed by atoms with Gasteiger partial charge in [-0.15, -0.1) is 0 Å². The number of aliphatic hydroxyl groups is 4. The van der Waals surface area contributed by atoms with Gasteiger partial charge in [-0.3, -0.25) is 14.4 Å². The first-order chi connectivity index (χ1) is 25.3. The van der Waals surface area contributed by atoms with Gasteiger partial charge in [0.05, 0.1) is 24.4 Å². The van der Waals surface area contributed by atoms with Crippen LogP contribution in [0.15, 0.2) is 0 Å². The fraction of sp³-hybridized carbons (Fsp3) is 0.778. The number of carbonyl (C=O) groups is 4. The lowest BCUT2D eigenvalue weighted by Gasteiger charge is -2.26. The van der Waals surface area contributed by atoms with Gasteiger partial charge in [0.2, 0.25) is 0 Å². The Balaban J connectivity index is -0.00000188. The Morgan fingerprint density at radius 2 is 1.20 bits per heavy atom. The van der Waals surface area contributed by atoms with Gasteiger partial charge in [-0.1, -0.05) is 27.7 Å². The maximum atomic E-state index is 13.1. The minimum Gasteiger partial charge on any atom is -0.480 e. The summed E-state index contributed by atoms with van der Waals surface area (Å²) in [6, 6.07) is -2.35. The van der Waals surface area contributed by atoms with Crippen molar-refractivity contribution >= 4 is 35.8 Å². The van der Waals surface area contributed by atoms with E-state index in [-0.39, 0.29) is 35.2 Å². The van der Waals surface area contributed by atoms with Gasteiger partial charge in [0, 0.05) is 40.5 Å². The van der Waals surface area contributed by atoms with Gasteiger partial charge in [0.15, 0.2) is 29.7 Å². The molecule has 0 aromatic carbocycles. The number of ether oxygens (including phenoxy) is 2. The third-order valence-corrected chi connectivity index (χ3v) is 7.51. The SMILES string of the molecule is CC(C)CCOC(C)(C)CCCNc1nc(C(=O)NC(CO)C(=O)O)c(NCCC(C)(C)OCCC(C)C)nc1C=O.CNC(CO)C(=O)O.CO.CO. The topological polar surface area (TPSA) is 282 Å². The van der Waals surface area contributed by atoms with Crippen LogP contribution >= 0.6 is 0 Å². The van der Waals surface area contributed by atoms with Gasteiger partial charge in [-0.25, -0.2) is 14.8 Å². The second-order valence-corrected chi connectivity index (χ2v) is 14.0. The lowest BCUT2D eigenvalue weighted by atomic mass is 10.0. The zero-order valence-electron chi connectivity index (χ0n) is 34.2. The predicted molar refractivity (Wildman–Crippen MR) is 207 cm³/mol. The normalized spacial score (nSPS) is 12.2. The first kappa shape index (κ1) is 54.8. The van der Waals surface area contributed by atoms with E-state index in [1.807, 2.05) is 27.7 Å². The summed E-state index contributed by atoms with van der Waals surface area (Å²) in [7, 11) is 3.48. The molecule has 54 heavy (non-hydrogen) atoms. The van der Waals surface area contributed by atoms with E-state index in [0.717, 1.165) is 33.5 Å². The van der Waals surface area contributed by atoms with Crippen LogP contribution in [0.3, 0.4) is 0 Å². The maximum absolute atomic E-state index is 13.1. The quantitative estimate of drug-likeness (QED) is 0.0502. The molecule has 1 aromatic rings. The molecule has 0 aliphatic heterocycles. The molecule has 0 aliphatic rings. The summed E-state index contributed by atoms with van der Waals surface area (Å²) >= 11 is 0. The molecule has 1 rings (SSSR count). The maximum Gasteiger partial charge on any atom is 0.328 e. The lowest BCUT2D eigenvalue weighted by molar-refractivity contribution is -0.141. The summed E-state index contributed by atoms with van der Waals surface area (Å²) in [5, 5.41) is 59.9. The van der Waals surface area contributed by atoms with Crippen molar-refractivity contribution in [3.63, 3.8) is 0 Å². The van der Waals surface area contributed by atoms with Crippen molar-refractivity contribution in [1.29, 1.82) is 0 Å². The molecular formula is C36H70N6O12. The van der Waals surface area contributed by atoms with Gasteiger partial charge >= 0.3 is 11.9 Å². The van der Waals surface area contributed by atoms with Crippen LogP contribution in [0.25, 0.3) is 0 Å². The van der Waals surface area contributed by atoms with Crippen LogP contribution in [0.2, 0.25) is 0 Å². The molecule has 0 saturated carbocycles. The highest BCUT2D eigenvalue weighted by atomic mass is 16.5. The monoisotopic (exact) mass is 779 g/mol. The minimum atomic E-state index is -1.53. The Morgan fingerprint density at radius 1 is 0.741 bits per heavy atom. The standard InChI is InChI=1S/C30H53N5O7.C4H9NO3.2CH4O/c1-20(2)10-16-41-29(5,6)12-9-14-31-25-22(18-36)33-26(24(35-25)27(38)34-23(19-37)28(39)40)32-15-13-30(7,8)42-17-11-21(3)4;1-5-3(2-6)4(7)8;2*1-2/h18,20-21,23,37H,9-17,19H2,1-8H3,(H,31,35)(H,32,33)(H,34,38)(H,39,40);3,5-6H,2H2,1H3,(H,7,8);2*2H,1H3. The summed E-state index contributed by atoms with van der Waals surface area (Å²) in [4.78, 5) is 55.0. The van der Waals surface area contributed by atoms with Crippen molar-refractivity contribution in [2.45, 2.75) is 111 Å². The molecule has 0 fully saturated rings. The lowest BCUT2D eigenvalue weighted by Crippen LogP contribution is -2.44. The van der Waals surface area contributed by atoms with Crippen molar-refractivity contribution in [3.8, 4) is 0 Å². The molecule has 1 heterocycles. The Hall–Kier alpha value is -3.52. The van der Waals surface area contributed by atoms with Crippen molar-refractivity contribution in [2.75, 3.05) is 71.4 Å². The van der Waals surface area contributed by atoms with Crippen LogP contribution in [-0.4, -0.2) is 149 Å². The highest BCUT2D eigenvalue weighted by Crippen LogP contribution is 2.22. The molecule has 2 atom stereocenters. The smallest absolute Gasteiger partial charge is 0.328 e. The minimum absolute atomic E-state index is 0.00544. The van der Waals surface area contributed by atoms with Crippen molar-refractivity contribution in [3.05, 3.63) is 11.4 Å². The van der Waals surface area contributed by atoms with Gasteiger partial charge in [0.25, 0.3) is 5.91 Å². The number of likely N-dealkylation sites (N-methyl/N-ethyl adjacent to an activating group) is 1. The highest BCUT2D eigenvalue weighted by Gasteiger charge is 2.26. The molecule has 0 saturated heterocycles. The van der Waals surface area contributed by atoms with Crippen LogP contribution in [0.5, 0.6) is 0 Å². The van der Waals surface area contributed by atoms with E-state index in [1.54, 1.807) is 0 Å². The average Bonchev–Trinajstić information content (AvgIpc) is 3.10. The second-order valence-electron chi connectivity index (χ2n) is 14.0. The number of carbonyl (C=O) groups excluding carboxylic acids is 2. The predicted octanol–water partition coefficient (Wildman–Crippen LogP) is 2.01. The summed E-state index contributed by atoms with van der Waals surface area (Å²) in [6.45, 7) is 17.5. The average molecular weight is 779 g/mol. The third-order valence-electron chi connectivity index (χ3n) is 7.51. The van der Waals surface area contributed by atoms with E-state index in [4.69, 9.17) is 29.9 Å². The number of hydrogen-bond acceptors (Lipinski definition) is 15. The highest BCUT2D eigenvalue weighted by molar-refractivity contribution is 6.00. The number of aliphatic carboxylic acids is 2. The van der Waals surface area contributed by atoms with E-state index in [1.165, 1.54) is 7.05 Å². The second kappa shape index (κ2) is 30.8. The van der Waals surface area contributed by atoms with Crippen LogP contribution in [0.1, 0.15) is 108 Å². The first-order valence-electron chi connectivity index (χ1n) is 18.0. The number of rotatable bonds is 25. The Bertz CT molecular complexity index is 1180. The molecule has 2 unspecified atom stereocenters. The Morgan fingerprint density at radius 3 is 1.59 bits per heavy atom. The van der Waals surface area contributed by atoms with E-state index in [0.29, 0.717) is 57.3 Å². The van der Waals surface area contributed by atoms with Crippen LogP contribution in [-0.2, 0) is 19.1 Å². The number of nitrogens with zero attached hydrogens (tertiary/aromatic N) is 2. The molecule has 316 valence electrons. The number of amides is 1. The fourth-order valence-corrected chi connectivity index (χ4v) is 4.14.